The Morgan fingerprint density at radius 2 is 2.27 bits per heavy atom. The van der Waals surface area contributed by atoms with Crippen LogP contribution >= 0.6 is 11.6 Å². The van der Waals surface area contributed by atoms with E-state index in [2.05, 4.69) is 6.07 Å². The van der Waals surface area contributed by atoms with Gasteiger partial charge in [-0.3, -0.25) is 0 Å². The number of benzene rings is 1. The van der Waals surface area contributed by atoms with Crippen LogP contribution in [0.4, 0.5) is 0 Å². The quantitative estimate of drug-likeness (QED) is 0.662. The third-order valence-corrected chi connectivity index (χ3v) is 1.45. The molecule has 1 radical (unpaired) electrons. The zero-order chi connectivity index (χ0) is 8.27. The molecule has 2 heteroatoms. The fourth-order valence-electron chi connectivity index (χ4n) is 0.740. The zero-order valence-electron chi connectivity index (χ0n) is 6.60. The second-order valence-corrected chi connectivity index (χ2v) is 2.93. The number of hydrogen-bond donors (Lipinski definition) is 0. The van der Waals surface area contributed by atoms with Crippen molar-refractivity contribution in [3.05, 3.63) is 29.3 Å². The average Bonchev–Trinajstić information content (AvgIpc) is 1.93. The molecule has 0 unspecified atom stereocenters. The highest BCUT2D eigenvalue weighted by Crippen LogP contribution is 2.23. The van der Waals surface area contributed by atoms with Crippen LogP contribution in [0.15, 0.2) is 18.2 Å². The van der Waals surface area contributed by atoms with E-state index in [1.54, 1.807) is 18.2 Å². The van der Waals surface area contributed by atoms with Gasteiger partial charge in [-0.15, -0.1) is 0 Å². The normalized spacial score (nSPS) is 10.2. The fourth-order valence-corrected chi connectivity index (χ4v) is 0.902. The van der Waals surface area contributed by atoms with Gasteiger partial charge in [0, 0.05) is 0 Å². The van der Waals surface area contributed by atoms with Crippen molar-refractivity contribution in [2.24, 2.45) is 0 Å². The number of rotatable bonds is 2. The highest BCUT2D eigenvalue weighted by atomic mass is 35.5. The summed E-state index contributed by atoms with van der Waals surface area (Å²) in [4.78, 5) is 0. The first kappa shape index (κ1) is 8.41. The summed E-state index contributed by atoms with van der Waals surface area (Å²) in [6, 6.07) is 8.16. The molecule has 1 rings (SSSR count). The Labute approximate surface area is 71.9 Å². The summed E-state index contributed by atoms with van der Waals surface area (Å²) in [5.41, 5.74) is 0. The van der Waals surface area contributed by atoms with Gasteiger partial charge in [-0.25, -0.2) is 0 Å². The summed E-state index contributed by atoms with van der Waals surface area (Å²) in [6.45, 7) is 3.92. The van der Waals surface area contributed by atoms with E-state index in [9.17, 15) is 0 Å². The minimum atomic E-state index is 0.156. The second-order valence-electron chi connectivity index (χ2n) is 2.52. The van der Waals surface area contributed by atoms with Crippen molar-refractivity contribution >= 4 is 11.6 Å². The molecule has 0 N–H and O–H groups in total. The average molecular weight is 170 g/mol. The van der Waals surface area contributed by atoms with E-state index < -0.39 is 0 Å². The molecule has 0 amide bonds. The highest BCUT2D eigenvalue weighted by Gasteiger charge is 2.00. The predicted octanol–water partition coefficient (Wildman–Crippen LogP) is 2.93. The Morgan fingerprint density at radius 3 is 2.82 bits per heavy atom. The van der Waals surface area contributed by atoms with E-state index >= 15 is 0 Å². The molecule has 11 heavy (non-hydrogen) atoms. The molecule has 59 valence electrons. The summed E-state index contributed by atoms with van der Waals surface area (Å²) in [7, 11) is 0. The molecular weight excluding hydrogens is 160 g/mol. The second kappa shape index (κ2) is 3.63. The third-order valence-electron chi connectivity index (χ3n) is 1.14. The molecule has 0 bridgehead atoms. The molecule has 0 heterocycles. The minimum Gasteiger partial charge on any atom is -0.489 e. The topological polar surface area (TPSA) is 9.23 Å². The monoisotopic (exact) mass is 169 g/mol. The Kier molecular flexibility index (Phi) is 2.77. The SMILES string of the molecule is CC(C)Oc1c[c]ccc1Cl. The van der Waals surface area contributed by atoms with E-state index in [0.29, 0.717) is 10.8 Å². The van der Waals surface area contributed by atoms with Crippen LogP contribution in [0.5, 0.6) is 5.75 Å². The van der Waals surface area contributed by atoms with Crippen molar-refractivity contribution in [1.29, 1.82) is 0 Å². The molecule has 1 aromatic rings. The molecule has 0 spiro atoms. The maximum absolute atomic E-state index is 5.82. The molecule has 0 aliphatic carbocycles. The van der Waals surface area contributed by atoms with Crippen LogP contribution in [-0.2, 0) is 0 Å². The van der Waals surface area contributed by atoms with Gasteiger partial charge >= 0.3 is 0 Å². The van der Waals surface area contributed by atoms with Crippen LogP contribution in [0, 0.1) is 6.07 Å². The van der Waals surface area contributed by atoms with Crippen molar-refractivity contribution in [2.75, 3.05) is 0 Å². The van der Waals surface area contributed by atoms with Crippen LogP contribution in [0.2, 0.25) is 5.02 Å². The van der Waals surface area contributed by atoms with Gasteiger partial charge < -0.3 is 4.74 Å². The lowest BCUT2D eigenvalue weighted by Gasteiger charge is -2.09. The van der Waals surface area contributed by atoms with Crippen molar-refractivity contribution in [3.8, 4) is 5.75 Å². The fraction of sp³-hybridized carbons (Fsp3) is 0.333. The maximum atomic E-state index is 5.82. The van der Waals surface area contributed by atoms with E-state index in [1.807, 2.05) is 13.8 Å². The Hall–Kier alpha value is -0.690. The van der Waals surface area contributed by atoms with Gasteiger partial charge in [0.15, 0.2) is 0 Å². The van der Waals surface area contributed by atoms with E-state index in [0.717, 1.165) is 0 Å². The maximum Gasteiger partial charge on any atom is 0.138 e. The summed E-state index contributed by atoms with van der Waals surface area (Å²) in [5, 5.41) is 0.637. The highest BCUT2D eigenvalue weighted by molar-refractivity contribution is 6.32. The number of hydrogen-bond acceptors (Lipinski definition) is 1. The largest absolute Gasteiger partial charge is 0.489 e. The predicted molar refractivity (Wildman–Crippen MR) is 46.1 cm³/mol. The van der Waals surface area contributed by atoms with Crippen LogP contribution in [-0.4, -0.2) is 6.10 Å². The summed E-state index contributed by atoms with van der Waals surface area (Å²) >= 11 is 5.82. The van der Waals surface area contributed by atoms with Gasteiger partial charge in [-0.05, 0) is 32.0 Å². The van der Waals surface area contributed by atoms with Crippen molar-refractivity contribution < 1.29 is 4.74 Å². The van der Waals surface area contributed by atoms with Gasteiger partial charge in [0.2, 0.25) is 0 Å². The minimum absolute atomic E-state index is 0.156. The molecular formula is C9H10ClO. The van der Waals surface area contributed by atoms with Gasteiger partial charge in [-0.1, -0.05) is 17.7 Å². The smallest absolute Gasteiger partial charge is 0.138 e. The molecule has 0 aliphatic rings. The molecule has 0 fully saturated rings. The molecule has 0 aliphatic heterocycles. The first-order valence-electron chi connectivity index (χ1n) is 3.52. The molecule has 0 saturated carbocycles. The third kappa shape index (κ3) is 2.43. The number of ether oxygens (including phenoxy) is 1. The Bertz CT molecular complexity index is 233. The zero-order valence-corrected chi connectivity index (χ0v) is 7.35. The standard InChI is InChI=1S/C9H10ClO/c1-7(2)11-9-6-4-3-5-8(9)10/h3,5-7H,1-2H3. The lowest BCUT2D eigenvalue weighted by Crippen LogP contribution is -2.05. The van der Waals surface area contributed by atoms with E-state index in [-0.39, 0.29) is 6.10 Å². The van der Waals surface area contributed by atoms with Gasteiger partial charge in [0.25, 0.3) is 0 Å². The van der Waals surface area contributed by atoms with Crippen LogP contribution in [0.1, 0.15) is 13.8 Å². The Balaban J connectivity index is 2.78. The van der Waals surface area contributed by atoms with Crippen LogP contribution in [0.25, 0.3) is 0 Å². The van der Waals surface area contributed by atoms with Gasteiger partial charge in [0.1, 0.15) is 5.75 Å². The summed E-state index contributed by atoms with van der Waals surface area (Å²) in [6.07, 6.45) is 0.156. The molecule has 0 atom stereocenters. The van der Waals surface area contributed by atoms with Crippen molar-refractivity contribution in [2.45, 2.75) is 20.0 Å². The van der Waals surface area contributed by atoms with Crippen LogP contribution in [0.3, 0.4) is 0 Å². The van der Waals surface area contributed by atoms with Crippen molar-refractivity contribution in [3.63, 3.8) is 0 Å². The van der Waals surface area contributed by atoms with E-state index in [1.165, 1.54) is 0 Å². The van der Waals surface area contributed by atoms with Gasteiger partial charge in [0.05, 0.1) is 11.1 Å². The lowest BCUT2D eigenvalue weighted by molar-refractivity contribution is 0.242. The molecule has 1 aromatic carbocycles. The Morgan fingerprint density at radius 1 is 1.55 bits per heavy atom. The van der Waals surface area contributed by atoms with E-state index in [4.69, 9.17) is 16.3 Å². The lowest BCUT2D eigenvalue weighted by atomic mass is 10.3. The number of halogens is 1. The first-order chi connectivity index (χ1) is 5.20. The summed E-state index contributed by atoms with van der Waals surface area (Å²) in [5.74, 6) is 0.698. The molecule has 0 saturated heterocycles. The van der Waals surface area contributed by atoms with Gasteiger partial charge in [-0.2, -0.15) is 0 Å². The van der Waals surface area contributed by atoms with Crippen molar-refractivity contribution in [1.82, 2.24) is 0 Å². The van der Waals surface area contributed by atoms with Crippen LogP contribution < -0.4 is 4.74 Å². The summed E-state index contributed by atoms with van der Waals surface area (Å²) < 4.78 is 5.38. The molecule has 1 nitrogen and oxygen atoms in total. The molecule has 0 aromatic heterocycles. The first-order valence-corrected chi connectivity index (χ1v) is 3.90.